The van der Waals surface area contributed by atoms with Gasteiger partial charge in [-0.1, -0.05) is 41.6 Å². The molecule has 0 spiro atoms. The molecule has 8 atom stereocenters. The number of nitrogens with one attached hydrogen (secondary N) is 2. The molecule has 268 valence electrons. The Morgan fingerprint density at radius 2 is 1.34 bits per heavy atom. The Balaban J connectivity index is 0.000000244. The van der Waals surface area contributed by atoms with Crippen LogP contribution in [0, 0.1) is 23.7 Å². The number of hydrogen-bond donors (Lipinski definition) is 2. The van der Waals surface area contributed by atoms with Crippen molar-refractivity contribution < 1.29 is 39.0 Å². The summed E-state index contributed by atoms with van der Waals surface area (Å²) in [5, 5.41) is 7.72. The van der Waals surface area contributed by atoms with Gasteiger partial charge in [0.25, 0.3) is 5.56 Å². The Kier molecular flexibility index (Phi) is 13.1. The summed E-state index contributed by atoms with van der Waals surface area (Å²) >= 11 is 1.15. The molecule has 2 fully saturated rings. The SMILES string of the molecule is CC1C(n2ccc(=O)[nH]c2=O)OC(CC[I-]OC(=O)c2ccccc2)(N=[N+]=[N-])C1C.CC1C(n2ccc(=O)[nH]c2=O)OC(CI)(N=[N+]=[N-])C1C. The van der Waals surface area contributed by atoms with Gasteiger partial charge in [-0.25, -0.2) is 4.79 Å². The molecule has 3 aromatic rings. The molecule has 8 unspecified atom stereocenters. The molecular formula is C30H35I2N10O8-. The zero-order valence-electron chi connectivity index (χ0n) is 27.4. The quantitative estimate of drug-likeness (QED) is 0.0749. The van der Waals surface area contributed by atoms with Crippen molar-refractivity contribution in [2.75, 3.05) is 8.86 Å². The minimum Gasteiger partial charge on any atom is -0.344 e. The van der Waals surface area contributed by atoms with Crippen LogP contribution >= 0.6 is 22.6 Å². The molecule has 0 aliphatic carbocycles. The number of rotatable bonds is 10. The maximum absolute atomic E-state index is 12.2. The Labute approximate surface area is 308 Å². The van der Waals surface area contributed by atoms with Gasteiger partial charge in [-0.05, 0) is 11.4 Å². The molecule has 18 nitrogen and oxygen atoms in total. The number of azide groups is 2. The molecule has 20 heteroatoms. The molecule has 2 aliphatic heterocycles. The number of aromatic amines is 2. The third-order valence-electron chi connectivity index (χ3n) is 9.08. The van der Waals surface area contributed by atoms with Crippen LogP contribution in [0.4, 0.5) is 0 Å². The summed E-state index contributed by atoms with van der Waals surface area (Å²) in [7, 11) is 0. The second-order valence-corrected chi connectivity index (χ2v) is 14.7. The number of halogens is 2. The van der Waals surface area contributed by atoms with Crippen LogP contribution in [0.5, 0.6) is 0 Å². The molecule has 2 aromatic heterocycles. The van der Waals surface area contributed by atoms with Gasteiger partial charge in [0.15, 0.2) is 5.72 Å². The average molecular weight is 917 g/mol. The van der Waals surface area contributed by atoms with Crippen LogP contribution in [-0.2, 0) is 12.5 Å². The number of carbonyl (C=O) groups is 1. The van der Waals surface area contributed by atoms with Crippen molar-refractivity contribution in [2.24, 2.45) is 33.9 Å². The standard InChI is InChI=1S/C19H21IN5O5.C11H14IN5O3/c1-12-13(2)19(23-24-21,29-16(12)25-11-8-15(26)22-18(25)28)9-10-20-30-17(27)14-6-4-3-5-7-14;1-6-7(2)11(5-12,15-16-13)20-9(6)17-4-3-8(18)14-10(17)19/h3-8,11-13,16H,9-10H2,1-2H3,(H,22,26,28);3-4,6-7,9H,5H2,1-2H3,(H,14,18,19)/q-1;. The molecule has 5 rings (SSSR count). The topological polar surface area (TPSA) is 252 Å². The van der Waals surface area contributed by atoms with Crippen molar-refractivity contribution in [3.63, 3.8) is 0 Å². The van der Waals surface area contributed by atoms with Gasteiger partial charge in [0, 0.05) is 27.5 Å². The van der Waals surface area contributed by atoms with Crippen molar-refractivity contribution in [3.05, 3.63) is 123 Å². The maximum atomic E-state index is 12.2. The number of ether oxygens (including phenoxy) is 2. The molecule has 0 radical (unpaired) electrons. The van der Waals surface area contributed by atoms with Crippen molar-refractivity contribution in [1.82, 2.24) is 19.1 Å². The zero-order chi connectivity index (χ0) is 36.6. The fourth-order valence-electron chi connectivity index (χ4n) is 5.82. The smallest absolute Gasteiger partial charge is 0.330 e. The second-order valence-electron chi connectivity index (χ2n) is 11.8. The molecule has 0 saturated carbocycles. The maximum Gasteiger partial charge on any atom is 0.330 e. The molecule has 1 aromatic carbocycles. The van der Waals surface area contributed by atoms with Crippen LogP contribution in [0.2, 0.25) is 0 Å². The minimum absolute atomic E-state index is 0.0427. The Hall–Kier alpha value is -3.95. The Bertz CT molecular complexity index is 2010. The summed E-state index contributed by atoms with van der Waals surface area (Å²) < 4.78 is 21.0. The second kappa shape index (κ2) is 16.8. The summed E-state index contributed by atoms with van der Waals surface area (Å²) in [5.41, 5.74) is 14.1. The number of H-pyrrole nitrogens is 2. The van der Waals surface area contributed by atoms with Crippen LogP contribution in [-0.4, -0.2) is 45.4 Å². The number of alkyl halides is 2. The van der Waals surface area contributed by atoms with E-state index >= 15 is 0 Å². The van der Waals surface area contributed by atoms with Gasteiger partial charge in [-0.2, -0.15) is 0 Å². The predicted octanol–water partition coefficient (Wildman–Crippen LogP) is 1.37. The normalized spacial score (nSPS) is 28.5. The van der Waals surface area contributed by atoms with Gasteiger partial charge < -0.3 is 4.74 Å². The molecule has 0 amide bonds. The summed E-state index contributed by atoms with van der Waals surface area (Å²) in [4.78, 5) is 68.8. The minimum atomic E-state index is -1.17. The number of benzene rings is 1. The molecule has 50 heavy (non-hydrogen) atoms. The van der Waals surface area contributed by atoms with Gasteiger partial charge in [0.2, 0.25) is 0 Å². The zero-order valence-corrected chi connectivity index (χ0v) is 31.7. The van der Waals surface area contributed by atoms with Crippen molar-refractivity contribution in [3.8, 4) is 0 Å². The molecular weight excluding hydrogens is 882 g/mol. The summed E-state index contributed by atoms with van der Waals surface area (Å²) in [6.07, 6.45) is 1.85. The van der Waals surface area contributed by atoms with E-state index in [0.29, 0.717) is 20.8 Å². The van der Waals surface area contributed by atoms with E-state index in [9.17, 15) is 24.0 Å². The number of aromatic nitrogens is 4. The monoisotopic (exact) mass is 917 g/mol. The molecule has 4 heterocycles. The van der Waals surface area contributed by atoms with Crippen molar-refractivity contribution in [2.45, 2.75) is 58.0 Å². The first-order valence-corrected chi connectivity index (χ1v) is 19.3. The first-order chi connectivity index (χ1) is 23.8. The van der Waals surface area contributed by atoms with E-state index < -0.39 is 68.0 Å². The summed E-state index contributed by atoms with van der Waals surface area (Å²) in [6, 6.07) is 11.2. The van der Waals surface area contributed by atoms with Gasteiger partial charge in [-0.15, -0.1) is 0 Å². The van der Waals surface area contributed by atoms with E-state index in [1.807, 2.05) is 33.8 Å². The molecule has 2 aliphatic rings. The fraction of sp³-hybridized carbons (Fsp3) is 0.500. The van der Waals surface area contributed by atoms with E-state index in [-0.39, 0.29) is 29.6 Å². The van der Waals surface area contributed by atoms with E-state index in [4.69, 9.17) is 23.6 Å². The van der Waals surface area contributed by atoms with Crippen LogP contribution in [0.25, 0.3) is 20.9 Å². The third kappa shape index (κ3) is 8.32. The molecule has 2 N–H and O–H groups in total. The number of hydrogen-bond acceptors (Lipinski definition) is 10. The van der Waals surface area contributed by atoms with E-state index in [1.165, 1.54) is 33.7 Å². The first kappa shape index (κ1) is 38.8. The average Bonchev–Trinajstić information content (AvgIpc) is 3.48. The first-order valence-electron chi connectivity index (χ1n) is 15.4. The van der Waals surface area contributed by atoms with Gasteiger partial charge in [-0.3, -0.25) is 14.3 Å². The van der Waals surface area contributed by atoms with Gasteiger partial charge in [0.05, 0.1) is 0 Å². The number of carbonyl (C=O) groups excluding carboxylic acids is 1. The Morgan fingerprint density at radius 3 is 1.82 bits per heavy atom. The van der Waals surface area contributed by atoms with Crippen LogP contribution in [0.3, 0.4) is 0 Å². The van der Waals surface area contributed by atoms with E-state index in [2.05, 4.69) is 52.6 Å². The van der Waals surface area contributed by atoms with Crippen LogP contribution in [0.1, 0.15) is 56.9 Å². The molecule has 0 bridgehead atoms. The van der Waals surface area contributed by atoms with Crippen molar-refractivity contribution >= 4 is 28.6 Å². The van der Waals surface area contributed by atoms with Crippen LogP contribution in [0.15, 0.2) is 84.3 Å². The van der Waals surface area contributed by atoms with Crippen molar-refractivity contribution in [1.29, 1.82) is 0 Å². The van der Waals surface area contributed by atoms with Gasteiger partial charge in [0.1, 0.15) is 6.23 Å². The summed E-state index contributed by atoms with van der Waals surface area (Å²) in [6.45, 7) is 7.64. The summed E-state index contributed by atoms with van der Waals surface area (Å²) in [5.74, 6) is -0.846. The fourth-order valence-corrected chi connectivity index (χ4v) is 8.59. The molecule has 2 saturated heterocycles. The van der Waals surface area contributed by atoms with Crippen LogP contribution < -0.4 is 44.1 Å². The Morgan fingerprint density at radius 1 is 0.860 bits per heavy atom. The van der Waals surface area contributed by atoms with E-state index in [0.717, 1.165) is 0 Å². The van der Waals surface area contributed by atoms with Gasteiger partial charge >= 0.3 is 188 Å². The third-order valence-corrected chi connectivity index (χ3v) is 11.9. The van der Waals surface area contributed by atoms with E-state index in [1.54, 1.807) is 24.3 Å². The largest absolute Gasteiger partial charge is 0.344 e. The number of nitrogens with zero attached hydrogens (tertiary/aromatic N) is 8. The predicted molar refractivity (Wildman–Crippen MR) is 184 cm³/mol.